The molecule has 0 aromatic carbocycles. The van der Waals surface area contributed by atoms with Crippen LogP contribution in [0.25, 0.3) is 0 Å². The van der Waals surface area contributed by atoms with Crippen LogP contribution >= 0.6 is 0 Å². The van der Waals surface area contributed by atoms with Crippen molar-refractivity contribution in [3.05, 3.63) is 0 Å². The largest absolute Gasteiger partial charge is 0.477 e. The quantitative estimate of drug-likeness (QED) is 0.0277. The molecule has 138 heavy (non-hydrogen) atoms. The molecule has 0 aromatic heterocycles. The number of nitrogens with one attached hydrogen (secondary N) is 4. The van der Waals surface area contributed by atoms with Gasteiger partial charge in [-0.3, -0.25) is 19.2 Å². The maximum absolute atomic E-state index is 13.8. The number of amides is 4. The van der Waals surface area contributed by atoms with E-state index in [0.29, 0.717) is 0 Å². The Morgan fingerprint density at radius 2 is 0.630 bits per heavy atom. The van der Waals surface area contributed by atoms with Gasteiger partial charge < -0.3 is 279 Å². The Kier molecular flexibility index (Phi) is 40.1. The summed E-state index contributed by atoms with van der Waals surface area (Å²) in [5.41, 5.74) is 0. The monoisotopic (exact) mass is 2020 g/mol. The molecule has 0 aliphatic carbocycles. The molecule has 2 unspecified atom stereocenters. The third kappa shape index (κ3) is 24.7. The van der Waals surface area contributed by atoms with Crippen LogP contribution in [0.5, 0.6) is 0 Å². The van der Waals surface area contributed by atoms with Gasteiger partial charge in [-0.2, -0.15) is 0 Å². The number of hydrogen-bond donors (Lipinski definition) is 35. The molecule has 11 fully saturated rings. The number of aliphatic carboxylic acids is 1. The van der Waals surface area contributed by atoms with Crippen molar-refractivity contribution in [3.8, 4) is 0 Å². The van der Waals surface area contributed by atoms with E-state index in [1.807, 2.05) is 0 Å². The number of aliphatic hydroxyl groups excluding tert-OH is 30. The van der Waals surface area contributed by atoms with Gasteiger partial charge in [-0.05, 0) is 13.8 Å². The van der Waals surface area contributed by atoms with Gasteiger partial charge in [-0.15, -0.1) is 0 Å². The van der Waals surface area contributed by atoms with Crippen molar-refractivity contribution in [2.75, 3.05) is 59.5 Å². The van der Waals surface area contributed by atoms with E-state index in [9.17, 15) is 182 Å². The average molecular weight is 2020 g/mol. The molecule has 61 heteroatoms. The zero-order valence-electron chi connectivity index (χ0n) is 74.3. The zero-order chi connectivity index (χ0) is 102. The number of carbonyl (C=O) groups excluding carboxylic acids is 4. The predicted octanol–water partition coefficient (Wildman–Crippen LogP) is -23.1. The number of hydrogen-bond acceptors (Lipinski definition) is 56. The van der Waals surface area contributed by atoms with E-state index in [2.05, 4.69) is 21.3 Å². The molecule has 0 spiro atoms. The van der Waals surface area contributed by atoms with E-state index in [1.54, 1.807) is 0 Å². The Labute approximate surface area is 780 Å². The van der Waals surface area contributed by atoms with Gasteiger partial charge in [0.2, 0.25) is 23.6 Å². The van der Waals surface area contributed by atoms with Crippen LogP contribution in [0.3, 0.4) is 0 Å². The number of rotatable bonds is 36. The van der Waals surface area contributed by atoms with Gasteiger partial charge in [0.25, 0.3) is 5.79 Å². The summed E-state index contributed by atoms with van der Waals surface area (Å²) in [6.45, 7) is -4.83. The number of carboxylic acid groups (broad SMARTS) is 1. The Morgan fingerprint density at radius 3 is 1.07 bits per heavy atom. The van der Waals surface area contributed by atoms with E-state index < -0.39 is 439 Å². The molecule has 11 aliphatic heterocycles. The van der Waals surface area contributed by atoms with Crippen LogP contribution in [-0.2, 0) is 123 Å². The highest BCUT2D eigenvalue weighted by atomic mass is 16.8. The molecule has 0 radical (unpaired) electrons. The molecule has 0 aromatic rings. The molecule has 56 atom stereocenters. The van der Waals surface area contributed by atoms with E-state index in [-0.39, 0.29) is 0 Å². The zero-order valence-corrected chi connectivity index (χ0v) is 74.3. The fourth-order valence-electron chi connectivity index (χ4n) is 17.9. The smallest absolute Gasteiger partial charge is 0.364 e. The first-order valence-corrected chi connectivity index (χ1v) is 44.0. The van der Waals surface area contributed by atoms with Crippen LogP contribution in [0.15, 0.2) is 0 Å². The SMILES string of the molecule is CC(=O)N[C@H]1[C@H](O[C@H]2[C@@H](O)[C@@H](CO[C@@H]3O[C@H](CO)[C@@H](O[C@@H]4O[C@H](CO)[C@H](O)[C@H](OC5O[C@H](CO)[C@@H](O[C@@H]6O[C@H](CO[C@]7(C(=O)O)C[C@H](O)[C@@H](NC(C)=O)[C@H]([C@H](O)[C@H](O)CO)O7)[C@H](O)[C@H](O)[C@H]6O)[C@H](O)[C@H]5NC(C)=O)[C@H]4O)[C@H](O[C@@H]4O[C@@H](C)[C@@H](O)[C@@H](O)[C@@H]4O)[C@H]3NC(C)=O)O[C@@H](O[C@H]3[C@H](O)[C@@H](O)C(O)O[C@@H]3CO)[C@@H]2O)O[C@H](CO)[C@@H](O[C@@H]2O[C@H](CO)[C@H](O)[C@H](O)[C@H]2O)[C@@H]1O[C@@H]1O[C@@H](C)[C@@H](O)[C@@H](O)[C@@H]1O. The van der Waals surface area contributed by atoms with E-state index >= 15 is 0 Å². The van der Waals surface area contributed by atoms with Crippen molar-refractivity contribution in [1.82, 2.24) is 21.3 Å². The summed E-state index contributed by atoms with van der Waals surface area (Å²) in [6, 6.07) is -7.90. The number of ether oxygens (including phenoxy) is 21. The lowest BCUT2D eigenvalue weighted by Crippen LogP contribution is -2.71. The number of aliphatic hydroxyl groups is 30. The van der Waals surface area contributed by atoms with Crippen LogP contribution in [0.1, 0.15) is 48.0 Å². The van der Waals surface area contributed by atoms with Gasteiger partial charge in [0.15, 0.2) is 62.9 Å². The first-order valence-electron chi connectivity index (χ1n) is 44.0. The molecule has 11 aliphatic rings. The Hall–Kier alpha value is -4.69. The lowest BCUT2D eigenvalue weighted by atomic mass is 9.88. The molecule has 11 saturated heterocycles. The van der Waals surface area contributed by atoms with Crippen molar-refractivity contribution in [1.29, 1.82) is 0 Å². The minimum absolute atomic E-state index is 0.846. The van der Waals surface area contributed by atoms with Crippen molar-refractivity contribution in [2.24, 2.45) is 0 Å². The lowest BCUT2D eigenvalue weighted by Gasteiger charge is -2.52. The Balaban J connectivity index is 0.884. The highest BCUT2D eigenvalue weighted by molar-refractivity contribution is 5.77. The normalized spacial score (nSPS) is 49.1. The van der Waals surface area contributed by atoms with Crippen LogP contribution in [0.2, 0.25) is 0 Å². The van der Waals surface area contributed by atoms with E-state index in [1.165, 1.54) is 13.8 Å². The second-order valence-corrected chi connectivity index (χ2v) is 35.2. The van der Waals surface area contributed by atoms with Gasteiger partial charge in [0.05, 0.1) is 83.8 Å². The van der Waals surface area contributed by atoms with Gasteiger partial charge >= 0.3 is 5.97 Å². The van der Waals surface area contributed by atoms with Crippen molar-refractivity contribution in [2.45, 2.75) is 391 Å². The van der Waals surface area contributed by atoms with Crippen LogP contribution in [0, 0.1) is 0 Å². The average Bonchev–Trinajstić information content (AvgIpc) is 0.758. The second-order valence-electron chi connectivity index (χ2n) is 35.2. The van der Waals surface area contributed by atoms with Gasteiger partial charge in [0, 0.05) is 34.1 Å². The first kappa shape index (κ1) is 114. The fraction of sp³-hybridized carbons (Fsp3) is 0.935. The summed E-state index contributed by atoms with van der Waals surface area (Å²) < 4.78 is 126. The van der Waals surface area contributed by atoms with E-state index in [0.717, 1.165) is 27.7 Å². The second kappa shape index (κ2) is 48.8. The van der Waals surface area contributed by atoms with Crippen molar-refractivity contribution >= 4 is 29.6 Å². The van der Waals surface area contributed by atoms with Crippen LogP contribution < -0.4 is 21.3 Å². The summed E-state index contributed by atoms with van der Waals surface area (Å²) in [5, 5.41) is 356. The third-order valence-corrected chi connectivity index (χ3v) is 25.5. The molecule has 35 N–H and O–H groups in total. The minimum Gasteiger partial charge on any atom is -0.477 e. The standard InChI is InChI=1S/C77H128N4O57/c1-17-37(95)45(103)51(109)70(120-17)134-62-35(80-21(5)91)67(118-15-31-43(101)65(56(114)75(128-31)131-58-27(11-85)122-66(115)50(108)49(58)107)137-69-36(81-22(6)92)63(135-71-52(110)46(104)38(96)18(2)121-71)60(30(14-88)127-69)132-72-53(111)47(105)40(98)25(9-83)123-72)125-29(13-87)59(62)133-74-55(113)64(42(100)26(10-84)124-74)136-68-34(79-20(4)90)44(102)57(28(12-86)126-68)130-73-54(112)48(106)41(99)32(129-73)16-119-77(76(116)117)7-23(93)33(78-19(3)89)61(138-77)39(97)24(94)8-82/h17-18,23-75,82-88,93-115H,7-16H2,1-6H3,(H,78,89)(H,79,90)(H,80,91)(H,81,92)(H,116,117)/t17-,18-,23-,24+,25+,26+,27+,28+,29+,30+,31+,32+,33+,34+,35+,36+,37+,38+,39+,40-,41-,42-,43-,44+,45+,46+,47-,48-,49+,50+,51-,52-,53+,54+,55+,56+,57+,58+,59+,60+,61+,62+,63+,64-,65-,66?,67+,68?,69-,70-,71-,72-,73-,74-,75-,77+/m0/s1. The summed E-state index contributed by atoms with van der Waals surface area (Å²) in [5.74, 6) is -9.11. The summed E-state index contributed by atoms with van der Waals surface area (Å²) >= 11 is 0. The minimum atomic E-state index is -3.09. The van der Waals surface area contributed by atoms with Gasteiger partial charge in [-0.25, -0.2) is 4.79 Å². The van der Waals surface area contributed by atoms with Gasteiger partial charge in [0.1, 0.15) is 250 Å². The molecule has 11 rings (SSSR count). The topological polar surface area (TPSA) is 954 Å². The van der Waals surface area contributed by atoms with Crippen LogP contribution in [0.4, 0.5) is 0 Å². The van der Waals surface area contributed by atoms with Crippen molar-refractivity contribution < 1.29 is 282 Å². The number of carboxylic acids is 1. The summed E-state index contributed by atoms with van der Waals surface area (Å²) in [6.07, 6.45) is -111. The molecule has 0 bridgehead atoms. The Bertz CT molecular complexity index is 3850. The van der Waals surface area contributed by atoms with Crippen LogP contribution in [-0.4, -0.2) is 590 Å². The maximum Gasteiger partial charge on any atom is 0.364 e. The van der Waals surface area contributed by atoms with Gasteiger partial charge in [-0.1, -0.05) is 0 Å². The predicted molar refractivity (Wildman–Crippen MR) is 423 cm³/mol. The highest BCUT2D eigenvalue weighted by Gasteiger charge is 2.64. The van der Waals surface area contributed by atoms with Crippen molar-refractivity contribution in [3.63, 3.8) is 0 Å². The molecular weight excluding hydrogens is 1890 g/mol. The summed E-state index contributed by atoms with van der Waals surface area (Å²) in [7, 11) is 0. The molecular formula is C77H128N4O57. The summed E-state index contributed by atoms with van der Waals surface area (Å²) in [4.78, 5) is 65.7. The fourth-order valence-corrected chi connectivity index (χ4v) is 17.9. The first-order chi connectivity index (χ1) is 65.0. The van der Waals surface area contributed by atoms with E-state index in [4.69, 9.17) is 99.5 Å². The lowest BCUT2D eigenvalue weighted by molar-refractivity contribution is -0.396. The molecule has 798 valence electrons. The molecule has 61 nitrogen and oxygen atoms in total. The maximum atomic E-state index is 13.8. The third-order valence-electron chi connectivity index (χ3n) is 25.5. The highest BCUT2D eigenvalue weighted by Crippen LogP contribution is 2.43. The molecule has 11 heterocycles. The molecule has 0 saturated carbocycles. The number of carbonyl (C=O) groups is 5. The Morgan fingerprint density at radius 1 is 0.312 bits per heavy atom. The molecule has 4 amide bonds.